The predicted molar refractivity (Wildman–Crippen MR) is 81.4 cm³/mol. The maximum atomic E-state index is 11.7. The van der Waals surface area contributed by atoms with Gasteiger partial charge in [0.05, 0.1) is 12.2 Å². The number of amides is 2. The molecule has 0 bridgehead atoms. The van der Waals surface area contributed by atoms with E-state index in [0.29, 0.717) is 28.4 Å². The molecule has 0 aliphatic rings. The molecule has 6 nitrogen and oxygen atoms in total. The summed E-state index contributed by atoms with van der Waals surface area (Å²) < 4.78 is 10.6. The third-order valence-electron chi connectivity index (χ3n) is 2.46. The van der Waals surface area contributed by atoms with E-state index in [9.17, 15) is 9.59 Å². The number of ether oxygens (including phenoxy) is 1. The minimum Gasteiger partial charge on any atom is -0.462 e. The van der Waals surface area contributed by atoms with Gasteiger partial charge in [0.2, 0.25) is 5.88 Å². The molecule has 0 spiro atoms. The minimum atomic E-state index is -0.444. The van der Waals surface area contributed by atoms with Crippen molar-refractivity contribution in [3.8, 4) is 0 Å². The lowest BCUT2D eigenvalue weighted by molar-refractivity contribution is 0.0526. The summed E-state index contributed by atoms with van der Waals surface area (Å²) in [4.78, 5) is 23.2. The SMILES string of the molecule is CCOC(=O)c1ccc(NC(=O)Nc2ccc(Br)o2)cc1. The van der Waals surface area contributed by atoms with Crippen LogP contribution >= 0.6 is 15.9 Å². The molecular weight excluding hydrogens is 340 g/mol. The first-order chi connectivity index (χ1) is 10.1. The third kappa shape index (κ3) is 4.35. The van der Waals surface area contributed by atoms with Crippen molar-refractivity contribution in [1.82, 2.24) is 0 Å². The Kier molecular flexibility index (Phi) is 4.99. The number of rotatable bonds is 4. The van der Waals surface area contributed by atoms with Gasteiger partial charge in [0, 0.05) is 11.8 Å². The van der Waals surface area contributed by atoms with Crippen molar-refractivity contribution >= 4 is 39.5 Å². The number of urea groups is 1. The highest BCUT2D eigenvalue weighted by Gasteiger charge is 2.08. The molecule has 0 fully saturated rings. The summed E-state index contributed by atoms with van der Waals surface area (Å²) in [5.74, 6) is -0.0727. The number of benzene rings is 1. The van der Waals surface area contributed by atoms with E-state index < -0.39 is 12.0 Å². The number of furan rings is 1. The summed E-state index contributed by atoms with van der Waals surface area (Å²) in [5.41, 5.74) is 0.976. The summed E-state index contributed by atoms with van der Waals surface area (Å²) in [6.07, 6.45) is 0. The molecule has 110 valence electrons. The number of hydrogen-bond acceptors (Lipinski definition) is 4. The summed E-state index contributed by atoms with van der Waals surface area (Å²) in [6, 6.07) is 9.24. The fourth-order valence-electron chi connectivity index (χ4n) is 1.56. The number of hydrogen-bond donors (Lipinski definition) is 2. The third-order valence-corrected chi connectivity index (χ3v) is 2.89. The second-order valence-electron chi connectivity index (χ2n) is 3.98. The average molecular weight is 353 g/mol. The lowest BCUT2D eigenvalue weighted by Gasteiger charge is -2.06. The highest BCUT2D eigenvalue weighted by molar-refractivity contribution is 9.10. The largest absolute Gasteiger partial charge is 0.462 e. The minimum absolute atomic E-state index is 0.319. The van der Waals surface area contributed by atoms with Gasteiger partial charge < -0.3 is 14.5 Å². The van der Waals surface area contributed by atoms with Crippen molar-refractivity contribution in [3.63, 3.8) is 0 Å². The molecule has 0 saturated heterocycles. The van der Waals surface area contributed by atoms with Gasteiger partial charge in [-0.15, -0.1) is 0 Å². The topological polar surface area (TPSA) is 80.6 Å². The highest BCUT2D eigenvalue weighted by Crippen LogP contribution is 2.18. The van der Waals surface area contributed by atoms with Crippen LogP contribution in [0.3, 0.4) is 0 Å². The maximum Gasteiger partial charge on any atom is 0.338 e. The second kappa shape index (κ2) is 6.94. The summed E-state index contributed by atoms with van der Waals surface area (Å²) in [6.45, 7) is 2.06. The van der Waals surface area contributed by atoms with Crippen molar-refractivity contribution in [1.29, 1.82) is 0 Å². The average Bonchev–Trinajstić information content (AvgIpc) is 2.85. The Morgan fingerprint density at radius 2 is 1.86 bits per heavy atom. The van der Waals surface area contributed by atoms with E-state index in [1.807, 2.05) is 0 Å². The smallest absolute Gasteiger partial charge is 0.338 e. The fraction of sp³-hybridized carbons (Fsp3) is 0.143. The Bertz CT molecular complexity index is 637. The molecule has 2 rings (SSSR count). The van der Waals surface area contributed by atoms with E-state index in [0.717, 1.165) is 0 Å². The Labute approximate surface area is 129 Å². The number of carbonyl (C=O) groups excluding carboxylic acids is 2. The van der Waals surface area contributed by atoms with E-state index in [-0.39, 0.29) is 0 Å². The number of halogens is 1. The molecule has 1 aromatic carbocycles. The summed E-state index contributed by atoms with van der Waals surface area (Å²) >= 11 is 3.14. The molecule has 0 saturated carbocycles. The van der Waals surface area contributed by atoms with Gasteiger partial charge in [0.1, 0.15) is 0 Å². The predicted octanol–water partition coefficient (Wildman–Crippen LogP) is 3.86. The highest BCUT2D eigenvalue weighted by atomic mass is 79.9. The molecule has 0 aliphatic carbocycles. The Morgan fingerprint density at radius 1 is 1.14 bits per heavy atom. The summed E-state index contributed by atoms with van der Waals surface area (Å²) in [5, 5.41) is 5.15. The van der Waals surface area contributed by atoms with Gasteiger partial charge in [0.15, 0.2) is 4.67 Å². The van der Waals surface area contributed by atoms with Crippen LogP contribution in [0.2, 0.25) is 0 Å². The van der Waals surface area contributed by atoms with Crippen LogP contribution < -0.4 is 10.6 Å². The number of carbonyl (C=O) groups is 2. The molecule has 1 heterocycles. The Hall–Kier alpha value is -2.28. The van der Waals surface area contributed by atoms with Gasteiger partial charge >= 0.3 is 12.0 Å². The lowest BCUT2D eigenvalue weighted by atomic mass is 10.2. The number of esters is 1. The quantitative estimate of drug-likeness (QED) is 0.818. The van der Waals surface area contributed by atoms with Crippen LogP contribution in [0.5, 0.6) is 0 Å². The molecule has 0 aliphatic heterocycles. The molecule has 1 aromatic heterocycles. The molecule has 2 N–H and O–H groups in total. The van der Waals surface area contributed by atoms with Gasteiger partial charge in [-0.25, -0.2) is 9.59 Å². The first kappa shape index (κ1) is 15.1. The van der Waals surface area contributed by atoms with Gasteiger partial charge in [-0.2, -0.15) is 0 Å². The van der Waals surface area contributed by atoms with Crippen LogP contribution in [0.1, 0.15) is 17.3 Å². The van der Waals surface area contributed by atoms with Crippen LogP contribution in [-0.2, 0) is 4.74 Å². The fourth-order valence-corrected chi connectivity index (χ4v) is 1.87. The molecule has 0 unspecified atom stereocenters. The van der Waals surface area contributed by atoms with E-state index in [1.54, 1.807) is 43.3 Å². The van der Waals surface area contributed by atoms with E-state index >= 15 is 0 Å². The van der Waals surface area contributed by atoms with Gasteiger partial charge in [-0.05, 0) is 53.2 Å². The second-order valence-corrected chi connectivity index (χ2v) is 4.76. The first-order valence-corrected chi connectivity index (χ1v) is 6.98. The molecule has 2 aromatic rings. The number of anilines is 2. The van der Waals surface area contributed by atoms with Gasteiger partial charge in [-0.1, -0.05) is 0 Å². The number of nitrogens with one attached hydrogen (secondary N) is 2. The van der Waals surface area contributed by atoms with Crippen LogP contribution in [0, 0.1) is 0 Å². The molecule has 0 atom stereocenters. The zero-order valence-corrected chi connectivity index (χ0v) is 12.8. The van der Waals surface area contributed by atoms with Crippen LogP contribution in [0.4, 0.5) is 16.4 Å². The molecule has 0 radical (unpaired) electrons. The molecule has 2 amide bonds. The van der Waals surface area contributed by atoms with Gasteiger partial charge in [-0.3, -0.25) is 5.32 Å². The van der Waals surface area contributed by atoms with Crippen molar-refractivity contribution in [3.05, 3.63) is 46.6 Å². The standard InChI is InChI=1S/C14H13BrN2O4/c1-2-20-13(18)9-3-5-10(6-4-9)16-14(19)17-12-8-7-11(15)21-12/h3-8H,2H2,1H3,(H2,16,17,19). The lowest BCUT2D eigenvalue weighted by Crippen LogP contribution is -2.19. The van der Waals surface area contributed by atoms with Crippen molar-refractivity contribution in [2.45, 2.75) is 6.92 Å². The molecule has 21 heavy (non-hydrogen) atoms. The zero-order chi connectivity index (χ0) is 15.2. The van der Waals surface area contributed by atoms with Crippen LogP contribution in [-0.4, -0.2) is 18.6 Å². The molecule has 7 heteroatoms. The van der Waals surface area contributed by atoms with Crippen molar-refractivity contribution < 1.29 is 18.7 Å². The monoisotopic (exact) mass is 352 g/mol. The van der Waals surface area contributed by atoms with E-state index in [4.69, 9.17) is 9.15 Å². The first-order valence-electron chi connectivity index (χ1n) is 6.19. The van der Waals surface area contributed by atoms with Crippen LogP contribution in [0.25, 0.3) is 0 Å². The Balaban J connectivity index is 1.93. The summed E-state index contributed by atoms with van der Waals surface area (Å²) in [7, 11) is 0. The van der Waals surface area contributed by atoms with E-state index in [1.165, 1.54) is 0 Å². The zero-order valence-electron chi connectivity index (χ0n) is 11.2. The van der Waals surface area contributed by atoms with Crippen molar-refractivity contribution in [2.24, 2.45) is 0 Å². The normalized spacial score (nSPS) is 10.0. The van der Waals surface area contributed by atoms with Crippen LogP contribution in [0.15, 0.2) is 45.5 Å². The molecular formula is C14H13BrN2O4. The Morgan fingerprint density at radius 3 is 2.43 bits per heavy atom. The van der Waals surface area contributed by atoms with Gasteiger partial charge in [0.25, 0.3) is 0 Å². The van der Waals surface area contributed by atoms with Crippen molar-refractivity contribution in [2.75, 3.05) is 17.2 Å². The van der Waals surface area contributed by atoms with E-state index in [2.05, 4.69) is 26.6 Å². The maximum absolute atomic E-state index is 11.7.